The molecule has 0 saturated carbocycles. The van der Waals surface area contributed by atoms with E-state index in [1.807, 2.05) is 24.3 Å². The monoisotopic (exact) mass is 248 g/mol. The second-order valence-electron chi connectivity index (χ2n) is 5.69. The summed E-state index contributed by atoms with van der Waals surface area (Å²) in [5, 5.41) is 10.2. The van der Waals surface area contributed by atoms with Crippen molar-refractivity contribution in [2.45, 2.75) is 26.4 Å². The normalized spacial score (nSPS) is 27.1. The van der Waals surface area contributed by atoms with Gasteiger partial charge in [0.15, 0.2) is 0 Å². The van der Waals surface area contributed by atoms with Crippen LogP contribution in [-0.2, 0) is 0 Å². The highest BCUT2D eigenvalue weighted by Crippen LogP contribution is 2.24. The van der Waals surface area contributed by atoms with Crippen LogP contribution in [0.25, 0.3) is 0 Å². The lowest BCUT2D eigenvalue weighted by Gasteiger charge is -2.36. The molecule has 3 unspecified atom stereocenters. The summed E-state index contributed by atoms with van der Waals surface area (Å²) in [4.78, 5) is 2.37. The van der Waals surface area contributed by atoms with Gasteiger partial charge >= 0.3 is 0 Å². The number of likely N-dealkylation sites (tertiary alicyclic amines) is 1. The number of benzene rings is 1. The van der Waals surface area contributed by atoms with Crippen LogP contribution in [0.4, 0.5) is 5.69 Å². The van der Waals surface area contributed by atoms with Gasteiger partial charge in [-0.3, -0.25) is 0 Å². The van der Waals surface area contributed by atoms with E-state index in [1.165, 1.54) is 6.42 Å². The molecule has 0 amide bonds. The molecule has 1 heterocycles. The molecule has 0 aliphatic carbocycles. The van der Waals surface area contributed by atoms with Crippen molar-refractivity contribution in [3.8, 4) is 0 Å². The summed E-state index contributed by atoms with van der Waals surface area (Å²) in [6.45, 7) is 7.52. The number of hydrogen-bond acceptors (Lipinski definition) is 3. The molecule has 3 nitrogen and oxygen atoms in total. The third-order valence-electron chi connectivity index (χ3n) is 4.17. The van der Waals surface area contributed by atoms with Crippen LogP contribution in [-0.4, -0.2) is 29.6 Å². The first kappa shape index (κ1) is 13.4. The number of anilines is 1. The van der Waals surface area contributed by atoms with E-state index in [2.05, 4.69) is 18.7 Å². The van der Waals surface area contributed by atoms with Crippen LogP contribution in [0.5, 0.6) is 0 Å². The summed E-state index contributed by atoms with van der Waals surface area (Å²) < 4.78 is 0. The minimum atomic E-state index is -0.411. The largest absolute Gasteiger partial charge is 0.399 e. The summed E-state index contributed by atoms with van der Waals surface area (Å²) in [6, 6.07) is 7.52. The first-order valence-corrected chi connectivity index (χ1v) is 6.82. The number of β-amino-alcohol motifs (C(OH)–C–C–N with tert-alkyl or cyclic N) is 1. The lowest BCUT2D eigenvalue weighted by atomic mass is 9.88. The molecule has 0 spiro atoms. The van der Waals surface area contributed by atoms with Gasteiger partial charge < -0.3 is 15.7 Å². The van der Waals surface area contributed by atoms with Gasteiger partial charge in [0.05, 0.1) is 6.10 Å². The van der Waals surface area contributed by atoms with Crippen molar-refractivity contribution in [1.29, 1.82) is 0 Å². The zero-order valence-electron chi connectivity index (χ0n) is 11.3. The Morgan fingerprint density at radius 1 is 1.28 bits per heavy atom. The maximum absolute atomic E-state index is 10.2. The summed E-state index contributed by atoms with van der Waals surface area (Å²) in [5.74, 6) is 1.52. The average Bonchev–Trinajstić information content (AvgIpc) is 2.34. The number of nitrogens with two attached hydrogens (primary N) is 1. The minimum Gasteiger partial charge on any atom is -0.399 e. The van der Waals surface area contributed by atoms with Gasteiger partial charge in [-0.05, 0) is 42.5 Å². The van der Waals surface area contributed by atoms with Crippen molar-refractivity contribution >= 4 is 5.69 Å². The van der Waals surface area contributed by atoms with Crippen molar-refractivity contribution in [2.24, 2.45) is 11.8 Å². The number of piperidine rings is 1. The van der Waals surface area contributed by atoms with Crippen LogP contribution in [0, 0.1) is 11.8 Å². The maximum atomic E-state index is 10.2. The maximum Gasteiger partial charge on any atom is 0.0916 e. The molecule has 1 aliphatic heterocycles. The van der Waals surface area contributed by atoms with Crippen molar-refractivity contribution in [2.75, 3.05) is 25.4 Å². The van der Waals surface area contributed by atoms with Gasteiger partial charge in [-0.2, -0.15) is 0 Å². The van der Waals surface area contributed by atoms with E-state index in [1.54, 1.807) is 0 Å². The molecule has 0 bridgehead atoms. The second kappa shape index (κ2) is 5.72. The van der Waals surface area contributed by atoms with Crippen LogP contribution in [0.15, 0.2) is 24.3 Å². The average molecular weight is 248 g/mol. The number of nitrogen functional groups attached to an aromatic ring is 1. The van der Waals surface area contributed by atoms with E-state index in [0.29, 0.717) is 0 Å². The number of hydrogen-bond donors (Lipinski definition) is 2. The lowest BCUT2D eigenvalue weighted by molar-refractivity contribution is 0.0705. The quantitative estimate of drug-likeness (QED) is 0.807. The van der Waals surface area contributed by atoms with Gasteiger partial charge in [0, 0.05) is 18.8 Å². The predicted molar refractivity (Wildman–Crippen MR) is 75.2 cm³/mol. The number of rotatable bonds is 3. The summed E-state index contributed by atoms with van der Waals surface area (Å²) >= 11 is 0. The minimum absolute atomic E-state index is 0.411. The van der Waals surface area contributed by atoms with Gasteiger partial charge in [-0.25, -0.2) is 0 Å². The van der Waals surface area contributed by atoms with Crippen LogP contribution in [0.3, 0.4) is 0 Å². The lowest BCUT2D eigenvalue weighted by Crippen LogP contribution is -2.40. The number of aliphatic hydroxyl groups excluding tert-OH is 1. The predicted octanol–water partition coefficient (Wildman–Crippen LogP) is 2.28. The van der Waals surface area contributed by atoms with Crippen molar-refractivity contribution < 1.29 is 5.11 Å². The Kier molecular flexibility index (Phi) is 4.25. The van der Waals surface area contributed by atoms with Crippen molar-refractivity contribution in [1.82, 2.24) is 4.90 Å². The van der Waals surface area contributed by atoms with Crippen LogP contribution in [0.1, 0.15) is 31.9 Å². The summed E-state index contributed by atoms with van der Waals surface area (Å²) in [5.41, 5.74) is 7.35. The van der Waals surface area contributed by atoms with E-state index < -0.39 is 6.10 Å². The molecule has 18 heavy (non-hydrogen) atoms. The second-order valence-corrected chi connectivity index (χ2v) is 5.69. The zero-order chi connectivity index (χ0) is 13.1. The van der Waals surface area contributed by atoms with Gasteiger partial charge in [0.25, 0.3) is 0 Å². The molecule has 3 atom stereocenters. The number of nitrogens with zero attached hydrogens (tertiary/aromatic N) is 1. The molecule has 1 fully saturated rings. The Morgan fingerprint density at radius 2 is 1.94 bits per heavy atom. The molecule has 100 valence electrons. The fourth-order valence-corrected chi connectivity index (χ4v) is 2.58. The summed E-state index contributed by atoms with van der Waals surface area (Å²) in [6.07, 6.45) is 0.821. The van der Waals surface area contributed by atoms with E-state index in [9.17, 15) is 5.11 Å². The number of aliphatic hydroxyl groups is 1. The molecule has 1 aliphatic rings. The van der Waals surface area contributed by atoms with Crippen molar-refractivity contribution in [3.05, 3.63) is 29.8 Å². The van der Waals surface area contributed by atoms with Crippen LogP contribution in [0.2, 0.25) is 0 Å². The highest BCUT2D eigenvalue weighted by atomic mass is 16.3. The zero-order valence-corrected chi connectivity index (χ0v) is 11.3. The van der Waals surface area contributed by atoms with Crippen molar-refractivity contribution in [3.63, 3.8) is 0 Å². The molecule has 3 heteroatoms. The molecular weight excluding hydrogens is 224 g/mol. The van der Waals surface area contributed by atoms with E-state index in [-0.39, 0.29) is 0 Å². The molecular formula is C15H24N2O. The highest BCUT2D eigenvalue weighted by molar-refractivity contribution is 5.39. The van der Waals surface area contributed by atoms with Gasteiger partial charge in [0.1, 0.15) is 0 Å². The Bertz CT molecular complexity index is 377. The standard InChI is InChI=1S/C15H24N2O/c1-11-7-8-17(9-12(11)2)10-15(18)13-3-5-14(16)6-4-13/h3-6,11-12,15,18H,7-10,16H2,1-2H3. The van der Waals surface area contributed by atoms with E-state index >= 15 is 0 Å². The van der Waals surface area contributed by atoms with E-state index in [4.69, 9.17) is 5.73 Å². The van der Waals surface area contributed by atoms with Crippen LogP contribution < -0.4 is 5.73 Å². The topological polar surface area (TPSA) is 49.5 Å². The summed E-state index contributed by atoms with van der Waals surface area (Å²) in [7, 11) is 0. The van der Waals surface area contributed by atoms with Gasteiger partial charge in [0.2, 0.25) is 0 Å². The smallest absolute Gasteiger partial charge is 0.0916 e. The van der Waals surface area contributed by atoms with Crippen LogP contribution >= 0.6 is 0 Å². The van der Waals surface area contributed by atoms with Gasteiger partial charge in [-0.15, -0.1) is 0 Å². The molecule has 2 rings (SSSR count). The molecule has 1 aromatic rings. The Labute approximate surface area is 110 Å². The Hall–Kier alpha value is -1.06. The molecule has 0 radical (unpaired) electrons. The van der Waals surface area contributed by atoms with E-state index in [0.717, 1.165) is 42.7 Å². The van der Waals surface area contributed by atoms with Gasteiger partial charge in [-0.1, -0.05) is 26.0 Å². The molecule has 1 aromatic carbocycles. The molecule has 3 N–H and O–H groups in total. The highest BCUT2D eigenvalue weighted by Gasteiger charge is 2.24. The Balaban J connectivity index is 1.91. The SMILES string of the molecule is CC1CCN(CC(O)c2ccc(N)cc2)CC1C. The molecule has 0 aromatic heterocycles. The fourth-order valence-electron chi connectivity index (χ4n) is 2.58. The first-order valence-electron chi connectivity index (χ1n) is 6.82. The third-order valence-corrected chi connectivity index (χ3v) is 4.17. The molecule has 1 saturated heterocycles. The first-order chi connectivity index (χ1) is 8.56. The Morgan fingerprint density at radius 3 is 2.56 bits per heavy atom. The fraction of sp³-hybridized carbons (Fsp3) is 0.600. The third kappa shape index (κ3) is 3.24.